The van der Waals surface area contributed by atoms with Gasteiger partial charge in [-0.3, -0.25) is 4.90 Å². The van der Waals surface area contributed by atoms with Crippen LogP contribution in [0.15, 0.2) is 54.9 Å². The molecule has 2 aliphatic heterocycles. The molecule has 5 rings (SSSR count). The van der Waals surface area contributed by atoms with Crippen molar-refractivity contribution in [1.29, 1.82) is 0 Å². The number of ether oxygens (including phenoxy) is 2. The monoisotopic (exact) mass is 374 g/mol. The fourth-order valence-electron chi connectivity index (χ4n) is 3.75. The molecule has 2 aromatic carbocycles. The lowest BCUT2D eigenvalue weighted by Crippen LogP contribution is -2.31. The lowest BCUT2D eigenvalue weighted by molar-refractivity contribution is 0.171. The average Bonchev–Trinajstić information content (AvgIpc) is 2.74. The zero-order valence-electron chi connectivity index (χ0n) is 15.6. The first-order chi connectivity index (χ1) is 13.8. The van der Waals surface area contributed by atoms with Crippen molar-refractivity contribution in [3.05, 3.63) is 71.7 Å². The Morgan fingerprint density at radius 1 is 0.964 bits per heavy atom. The van der Waals surface area contributed by atoms with Crippen LogP contribution >= 0.6 is 0 Å². The minimum Gasteiger partial charge on any atom is -0.486 e. The molecule has 0 radical (unpaired) electrons. The predicted molar refractivity (Wildman–Crippen MR) is 107 cm³/mol. The van der Waals surface area contributed by atoms with Gasteiger partial charge in [-0.2, -0.15) is 0 Å². The molecular weight excluding hydrogens is 352 g/mol. The van der Waals surface area contributed by atoms with E-state index in [4.69, 9.17) is 9.47 Å². The third-order valence-corrected chi connectivity index (χ3v) is 5.14. The second-order valence-electron chi connectivity index (χ2n) is 7.08. The number of anilines is 2. The molecule has 3 heterocycles. The van der Waals surface area contributed by atoms with Crippen molar-refractivity contribution in [3.8, 4) is 11.5 Å². The predicted octanol–water partition coefficient (Wildman–Crippen LogP) is 3.55. The first-order valence-electron chi connectivity index (χ1n) is 9.61. The van der Waals surface area contributed by atoms with Crippen LogP contribution in [0.1, 0.15) is 16.8 Å². The van der Waals surface area contributed by atoms with Crippen molar-refractivity contribution in [2.45, 2.75) is 19.5 Å². The Labute approximate surface area is 164 Å². The van der Waals surface area contributed by atoms with Crippen LogP contribution in [0.2, 0.25) is 0 Å². The van der Waals surface area contributed by atoms with Crippen LogP contribution < -0.4 is 14.8 Å². The summed E-state index contributed by atoms with van der Waals surface area (Å²) in [6.45, 7) is 3.94. The average molecular weight is 374 g/mol. The Hall–Kier alpha value is -3.12. The van der Waals surface area contributed by atoms with Gasteiger partial charge in [0.05, 0.1) is 5.69 Å². The van der Waals surface area contributed by atoms with Crippen LogP contribution in [0.3, 0.4) is 0 Å². The van der Waals surface area contributed by atoms with E-state index in [0.717, 1.165) is 54.8 Å². The Balaban J connectivity index is 1.34. The number of rotatable bonds is 4. The number of fused-ring (bicyclic) bond motifs is 2. The molecule has 0 bridgehead atoms. The number of hydrogen-bond donors (Lipinski definition) is 1. The van der Waals surface area contributed by atoms with Gasteiger partial charge in [-0.05, 0) is 24.1 Å². The SMILES string of the molecule is c1ccc(CN2CCc3c(ncnc3Nc3ccc4c(c3)OCCO4)C2)cc1. The molecule has 2 aliphatic rings. The lowest BCUT2D eigenvalue weighted by Gasteiger charge is -2.29. The highest BCUT2D eigenvalue weighted by molar-refractivity contribution is 5.64. The summed E-state index contributed by atoms with van der Waals surface area (Å²) in [4.78, 5) is 11.5. The number of nitrogens with zero attached hydrogens (tertiary/aromatic N) is 3. The van der Waals surface area contributed by atoms with E-state index >= 15 is 0 Å². The van der Waals surface area contributed by atoms with Gasteiger partial charge in [-0.1, -0.05) is 30.3 Å². The number of nitrogens with one attached hydrogen (secondary N) is 1. The molecule has 6 heteroatoms. The topological polar surface area (TPSA) is 59.5 Å². The summed E-state index contributed by atoms with van der Waals surface area (Å²) < 4.78 is 11.3. The number of hydrogen-bond acceptors (Lipinski definition) is 6. The molecule has 0 spiro atoms. The summed E-state index contributed by atoms with van der Waals surface area (Å²) in [6.07, 6.45) is 2.57. The maximum Gasteiger partial charge on any atom is 0.163 e. The molecule has 0 fully saturated rings. The van der Waals surface area contributed by atoms with Gasteiger partial charge in [0.2, 0.25) is 0 Å². The van der Waals surface area contributed by atoms with Gasteiger partial charge in [-0.15, -0.1) is 0 Å². The van der Waals surface area contributed by atoms with E-state index in [1.807, 2.05) is 18.2 Å². The van der Waals surface area contributed by atoms with Crippen LogP contribution in [-0.4, -0.2) is 34.6 Å². The summed E-state index contributed by atoms with van der Waals surface area (Å²) in [5.41, 5.74) is 4.56. The van der Waals surface area contributed by atoms with Crippen molar-refractivity contribution < 1.29 is 9.47 Å². The van der Waals surface area contributed by atoms with E-state index in [-0.39, 0.29) is 0 Å². The fraction of sp³-hybridized carbons (Fsp3) is 0.273. The molecule has 6 nitrogen and oxygen atoms in total. The molecule has 1 aromatic heterocycles. The standard InChI is InChI=1S/C22H22N4O2/c1-2-4-16(5-3-1)13-26-9-8-18-19(14-26)23-15-24-22(18)25-17-6-7-20-21(12-17)28-11-10-27-20/h1-7,12,15H,8-11,13-14H2,(H,23,24,25). The molecule has 28 heavy (non-hydrogen) atoms. The van der Waals surface area contributed by atoms with Gasteiger partial charge in [0, 0.05) is 37.0 Å². The molecule has 1 N–H and O–H groups in total. The Bertz CT molecular complexity index is 978. The van der Waals surface area contributed by atoms with Gasteiger partial charge >= 0.3 is 0 Å². The molecule has 142 valence electrons. The minimum atomic E-state index is 0.580. The smallest absolute Gasteiger partial charge is 0.163 e. The van der Waals surface area contributed by atoms with E-state index in [9.17, 15) is 0 Å². The Morgan fingerprint density at radius 3 is 2.71 bits per heavy atom. The normalized spacial score (nSPS) is 15.7. The lowest BCUT2D eigenvalue weighted by atomic mass is 10.0. The van der Waals surface area contributed by atoms with Gasteiger partial charge in [0.25, 0.3) is 0 Å². The zero-order chi connectivity index (χ0) is 18.8. The van der Waals surface area contributed by atoms with Gasteiger partial charge in [0.1, 0.15) is 25.4 Å². The minimum absolute atomic E-state index is 0.580. The van der Waals surface area contributed by atoms with Crippen LogP contribution in [0.5, 0.6) is 11.5 Å². The van der Waals surface area contributed by atoms with Crippen LogP contribution in [0.4, 0.5) is 11.5 Å². The molecule has 0 unspecified atom stereocenters. The van der Waals surface area contributed by atoms with Crippen LogP contribution in [0.25, 0.3) is 0 Å². The highest BCUT2D eigenvalue weighted by Gasteiger charge is 2.21. The van der Waals surface area contributed by atoms with Crippen molar-refractivity contribution in [2.24, 2.45) is 0 Å². The zero-order valence-corrected chi connectivity index (χ0v) is 15.6. The maximum atomic E-state index is 5.68. The van der Waals surface area contributed by atoms with Gasteiger partial charge in [-0.25, -0.2) is 9.97 Å². The van der Waals surface area contributed by atoms with Crippen molar-refractivity contribution in [3.63, 3.8) is 0 Å². The van der Waals surface area contributed by atoms with Crippen LogP contribution in [0, 0.1) is 0 Å². The summed E-state index contributed by atoms with van der Waals surface area (Å²) in [5, 5.41) is 3.44. The summed E-state index contributed by atoms with van der Waals surface area (Å²) in [5.74, 6) is 2.44. The first kappa shape index (κ1) is 17.0. The largest absolute Gasteiger partial charge is 0.486 e. The van der Waals surface area contributed by atoms with Crippen LogP contribution in [-0.2, 0) is 19.5 Å². The maximum absolute atomic E-state index is 5.68. The van der Waals surface area contributed by atoms with E-state index in [0.29, 0.717) is 13.2 Å². The molecule has 3 aromatic rings. The highest BCUT2D eigenvalue weighted by Crippen LogP contribution is 2.34. The van der Waals surface area contributed by atoms with E-state index in [1.165, 1.54) is 11.1 Å². The quantitative estimate of drug-likeness (QED) is 0.754. The van der Waals surface area contributed by atoms with E-state index in [1.54, 1.807) is 6.33 Å². The first-order valence-corrected chi connectivity index (χ1v) is 9.61. The summed E-state index contributed by atoms with van der Waals surface area (Å²) in [7, 11) is 0. The Kier molecular flexibility index (Phi) is 4.54. The third kappa shape index (κ3) is 3.51. The Morgan fingerprint density at radius 2 is 1.82 bits per heavy atom. The van der Waals surface area contributed by atoms with Crippen molar-refractivity contribution in [2.75, 3.05) is 25.1 Å². The van der Waals surface area contributed by atoms with E-state index in [2.05, 4.69) is 50.5 Å². The number of aromatic nitrogens is 2. The molecule has 0 atom stereocenters. The van der Waals surface area contributed by atoms with Crippen molar-refractivity contribution in [1.82, 2.24) is 14.9 Å². The van der Waals surface area contributed by atoms with Crippen molar-refractivity contribution >= 4 is 11.5 Å². The van der Waals surface area contributed by atoms with E-state index < -0.39 is 0 Å². The molecule has 0 saturated heterocycles. The third-order valence-electron chi connectivity index (χ3n) is 5.14. The second kappa shape index (κ2) is 7.48. The highest BCUT2D eigenvalue weighted by atomic mass is 16.6. The van der Waals surface area contributed by atoms with Gasteiger partial charge < -0.3 is 14.8 Å². The summed E-state index contributed by atoms with van der Waals surface area (Å²) >= 11 is 0. The molecular formula is C22H22N4O2. The molecule has 0 aliphatic carbocycles. The molecule has 0 amide bonds. The summed E-state index contributed by atoms with van der Waals surface area (Å²) in [6, 6.07) is 16.5. The second-order valence-corrected chi connectivity index (χ2v) is 7.08. The molecule has 0 saturated carbocycles. The fourth-order valence-corrected chi connectivity index (χ4v) is 3.75. The van der Waals surface area contributed by atoms with Gasteiger partial charge in [0.15, 0.2) is 11.5 Å². The number of benzene rings is 2.